The minimum absolute atomic E-state index is 0.101. The van der Waals surface area contributed by atoms with Crippen LogP contribution in [0, 0.1) is 0 Å². The first kappa shape index (κ1) is 20.2. The first-order chi connectivity index (χ1) is 14.0. The second-order valence-corrected chi connectivity index (χ2v) is 6.39. The number of rotatable bonds is 7. The van der Waals surface area contributed by atoms with Gasteiger partial charge in [0.05, 0.1) is 19.8 Å². The maximum absolute atomic E-state index is 12.2. The minimum Gasteiger partial charge on any atom is -0.493 e. The van der Waals surface area contributed by atoms with Crippen molar-refractivity contribution >= 4 is 29.2 Å². The number of nitrogens with one attached hydrogen (secondary N) is 1. The summed E-state index contributed by atoms with van der Waals surface area (Å²) < 4.78 is 15.3. The molecule has 1 aliphatic rings. The molecule has 0 aliphatic carbocycles. The number of anilines is 2. The average molecular weight is 398 g/mol. The number of ether oxygens (including phenoxy) is 3. The molecule has 2 aromatic rings. The molecule has 0 aromatic heterocycles. The molecule has 1 N–H and O–H groups in total. The van der Waals surface area contributed by atoms with Gasteiger partial charge in [-0.15, -0.1) is 0 Å². The van der Waals surface area contributed by atoms with Crippen molar-refractivity contribution in [2.75, 3.05) is 37.6 Å². The smallest absolute Gasteiger partial charge is 0.338 e. The molecule has 0 spiro atoms. The van der Waals surface area contributed by atoms with Gasteiger partial charge in [0.2, 0.25) is 5.91 Å². The summed E-state index contributed by atoms with van der Waals surface area (Å²) in [6, 6.07) is 11.5. The van der Waals surface area contributed by atoms with E-state index < -0.39 is 18.5 Å². The predicted octanol–water partition coefficient (Wildman–Crippen LogP) is 2.63. The van der Waals surface area contributed by atoms with Gasteiger partial charge in [-0.2, -0.15) is 0 Å². The second-order valence-electron chi connectivity index (χ2n) is 6.39. The van der Waals surface area contributed by atoms with Crippen LogP contribution in [0.3, 0.4) is 0 Å². The van der Waals surface area contributed by atoms with Crippen molar-refractivity contribution in [3.05, 3.63) is 48.0 Å². The molecule has 2 aromatic carbocycles. The molecule has 1 heterocycles. The Morgan fingerprint density at radius 1 is 1.03 bits per heavy atom. The van der Waals surface area contributed by atoms with E-state index in [9.17, 15) is 14.4 Å². The van der Waals surface area contributed by atoms with Crippen LogP contribution >= 0.6 is 0 Å². The lowest BCUT2D eigenvalue weighted by Gasteiger charge is -2.16. The van der Waals surface area contributed by atoms with Crippen LogP contribution in [0.15, 0.2) is 42.5 Å². The van der Waals surface area contributed by atoms with Crippen molar-refractivity contribution in [3.8, 4) is 11.5 Å². The molecule has 29 heavy (non-hydrogen) atoms. The molecular formula is C21H22N2O6. The Kier molecular flexibility index (Phi) is 6.33. The summed E-state index contributed by atoms with van der Waals surface area (Å²) in [6.07, 6.45) is 1.41. The van der Waals surface area contributed by atoms with Crippen LogP contribution in [0.1, 0.15) is 23.2 Å². The zero-order chi connectivity index (χ0) is 20.8. The van der Waals surface area contributed by atoms with Gasteiger partial charge in [-0.25, -0.2) is 4.79 Å². The average Bonchev–Trinajstić information content (AvgIpc) is 3.17. The number of amides is 2. The molecule has 0 saturated carbocycles. The van der Waals surface area contributed by atoms with E-state index in [0.29, 0.717) is 30.2 Å². The third-order valence-corrected chi connectivity index (χ3v) is 4.49. The van der Waals surface area contributed by atoms with Gasteiger partial charge in [-0.1, -0.05) is 0 Å². The Morgan fingerprint density at radius 3 is 2.38 bits per heavy atom. The van der Waals surface area contributed by atoms with Gasteiger partial charge < -0.3 is 24.4 Å². The lowest BCUT2D eigenvalue weighted by atomic mass is 10.2. The highest BCUT2D eigenvalue weighted by Crippen LogP contribution is 2.28. The van der Waals surface area contributed by atoms with Gasteiger partial charge in [0.15, 0.2) is 18.1 Å². The van der Waals surface area contributed by atoms with Gasteiger partial charge in [-0.05, 0) is 48.9 Å². The van der Waals surface area contributed by atoms with Crippen molar-refractivity contribution in [1.82, 2.24) is 0 Å². The molecule has 0 bridgehead atoms. The Bertz CT molecular complexity index is 910. The molecule has 3 rings (SSSR count). The van der Waals surface area contributed by atoms with Crippen molar-refractivity contribution in [2.24, 2.45) is 0 Å². The van der Waals surface area contributed by atoms with Gasteiger partial charge in [-0.3, -0.25) is 9.59 Å². The summed E-state index contributed by atoms with van der Waals surface area (Å²) in [5.41, 5.74) is 1.59. The highest BCUT2D eigenvalue weighted by Gasteiger charge is 2.21. The van der Waals surface area contributed by atoms with Crippen LogP contribution in [0.4, 0.5) is 11.4 Å². The topological polar surface area (TPSA) is 94.2 Å². The van der Waals surface area contributed by atoms with E-state index in [4.69, 9.17) is 14.2 Å². The molecule has 152 valence electrons. The van der Waals surface area contributed by atoms with E-state index in [1.54, 1.807) is 35.2 Å². The molecule has 8 heteroatoms. The summed E-state index contributed by atoms with van der Waals surface area (Å²) >= 11 is 0. The fourth-order valence-corrected chi connectivity index (χ4v) is 3.02. The third-order valence-electron chi connectivity index (χ3n) is 4.49. The summed E-state index contributed by atoms with van der Waals surface area (Å²) in [6.45, 7) is 0.274. The monoisotopic (exact) mass is 398 g/mol. The summed E-state index contributed by atoms with van der Waals surface area (Å²) in [7, 11) is 2.96. The number of esters is 1. The molecular weight excluding hydrogens is 376 g/mol. The van der Waals surface area contributed by atoms with Crippen LogP contribution in [0.25, 0.3) is 0 Å². The third kappa shape index (κ3) is 4.84. The van der Waals surface area contributed by atoms with E-state index in [-0.39, 0.29) is 11.5 Å². The zero-order valence-electron chi connectivity index (χ0n) is 16.3. The molecule has 0 unspecified atom stereocenters. The highest BCUT2D eigenvalue weighted by atomic mass is 16.5. The van der Waals surface area contributed by atoms with Crippen molar-refractivity contribution < 1.29 is 28.6 Å². The standard InChI is InChI=1S/C21H22N2O6/c1-27-17-10-5-14(12-18(17)28-2)21(26)29-13-19(24)22-15-6-8-16(9-7-15)23-11-3-4-20(23)25/h5-10,12H,3-4,11,13H2,1-2H3,(H,22,24). The predicted molar refractivity (Wildman–Crippen MR) is 106 cm³/mol. The van der Waals surface area contributed by atoms with E-state index in [0.717, 1.165) is 12.1 Å². The number of carbonyl (C=O) groups is 3. The number of carbonyl (C=O) groups excluding carboxylic acids is 3. The summed E-state index contributed by atoms with van der Waals surface area (Å²) in [5, 5.41) is 2.65. The maximum atomic E-state index is 12.2. The summed E-state index contributed by atoms with van der Waals surface area (Å²) in [4.78, 5) is 37.7. The molecule has 0 atom stereocenters. The molecule has 8 nitrogen and oxygen atoms in total. The first-order valence-electron chi connectivity index (χ1n) is 9.11. The second kappa shape index (κ2) is 9.09. The quantitative estimate of drug-likeness (QED) is 0.721. The number of hydrogen-bond donors (Lipinski definition) is 1. The number of benzene rings is 2. The molecule has 0 radical (unpaired) electrons. The maximum Gasteiger partial charge on any atom is 0.338 e. The van der Waals surface area contributed by atoms with Crippen LogP contribution in [-0.2, 0) is 14.3 Å². The van der Waals surface area contributed by atoms with Crippen molar-refractivity contribution in [3.63, 3.8) is 0 Å². The van der Waals surface area contributed by atoms with Crippen molar-refractivity contribution in [1.29, 1.82) is 0 Å². The van der Waals surface area contributed by atoms with Gasteiger partial charge >= 0.3 is 5.97 Å². The minimum atomic E-state index is -0.649. The molecule has 1 aliphatic heterocycles. The van der Waals surface area contributed by atoms with E-state index in [1.807, 2.05) is 0 Å². The van der Waals surface area contributed by atoms with E-state index in [1.165, 1.54) is 26.4 Å². The number of nitrogens with zero attached hydrogens (tertiary/aromatic N) is 1. The van der Waals surface area contributed by atoms with Crippen LogP contribution in [0.5, 0.6) is 11.5 Å². The lowest BCUT2D eigenvalue weighted by molar-refractivity contribution is -0.119. The SMILES string of the molecule is COc1ccc(C(=O)OCC(=O)Nc2ccc(N3CCCC3=O)cc2)cc1OC. The zero-order valence-corrected chi connectivity index (χ0v) is 16.3. The van der Waals surface area contributed by atoms with Crippen LogP contribution in [-0.4, -0.2) is 45.2 Å². The largest absolute Gasteiger partial charge is 0.493 e. The number of hydrogen-bond acceptors (Lipinski definition) is 6. The Labute approximate surface area is 168 Å². The normalized spacial score (nSPS) is 13.2. The number of methoxy groups -OCH3 is 2. The first-order valence-corrected chi connectivity index (χ1v) is 9.11. The Balaban J connectivity index is 1.53. The van der Waals surface area contributed by atoms with Gasteiger partial charge in [0.25, 0.3) is 5.91 Å². The van der Waals surface area contributed by atoms with Gasteiger partial charge in [0, 0.05) is 24.3 Å². The van der Waals surface area contributed by atoms with Crippen LogP contribution < -0.4 is 19.7 Å². The lowest BCUT2D eigenvalue weighted by Crippen LogP contribution is -2.23. The van der Waals surface area contributed by atoms with E-state index >= 15 is 0 Å². The molecule has 1 fully saturated rings. The van der Waals surface area contributed by atoms with Crippen molar-refractivity contribution in [2.45, 2.75) is 12.8 Å². The highest BCUT2D eigenvalue weighted by molar-refractivity contribution is 5.97. The van der Waals surface area contributed by atoms with Crippen LogP contribution in [0.2, 0.25) is 0 Å². The fourth-order valence-electron chi connectivity index (χ4n) is 3.02. The Morgan fingerprint density at radius 2 is 1.76 bits per heavy atom. The van der Waals surface area contributed by atoms with Gasteiger partial charge in [0.1, 0.15) is 0 Å². The fraction of sp³-hybridized carbons (Fsp3) is 0.286. The molecule has 2 amide bonds. The molecule has 1 saturated heterocycles. The van der Waals surface area contributed by atoms with E-state index in [2.05, 4.69) is 5.32 Å². The Hall–Kier alpha value is -3.55. The summed E-state index contributed by atoms with van der Waals surface area (Å²) in [5.74, 6) is -0.138.